The van der Waals surface area contributed by atoms with E-state index in [1.165, 1.54) is 36.4 Å². The third-order valence-corrected chi connectivity index (χ3v) is 4.04. The van der Waals surface area contributed by atoms with E-state index in [9.17, 15) is 12.8 Å². The molecule has 0 atom stereocenters. The molecule has 0 bridgehead atoms. The first-order valence-electron chi connectivity index (χ1n) is 4.88. The van der Waals surface area contributed by atoms with Gasteiger partial charge in [-0.05, 0) is 35.9 Å². The SMILES string of the molecule is O=S(=O)(Cl)c1ccc(Cl)c(-c2cccc(F)c2)c1. The molecule has 2 rings (SSSR count). The third-order valence-electron chi connectivity index (χ3n) is 2.35. The zero-order valence-corrected chi connectivity index (χ0v) is 11.2. The summed E-state index contributed by atoms with van der Waals surface area (Å²) in [7, 11) is 1.42. The van der Waals surface area contributed by atoms with E-state index in [2.05, 4.69) is 0 Å². The molecular weight excluding hydrogens is 298 g/mol. The van der Waals surface area contributed by atoms with E-state index in [1.807, 2.05) is 0 Å². The fraction of sp³-hybridized carbons (Fsp3) is 0. The van der Waals surface area contributed by atoms with Crippen LogP contribution in [0.5, 0.6) is 0 Å². The predicted molar refractivity (Wildman–Crippen MR) is 69.9 cm³/mol. The Morgan fingerprint density at radius 3 is 2.39 bits per heavy atom. The van der Waals surface area contributed by atoms with E-state index < -0.39 is 14.9 Å². The molecule has 2 aromatic carbocycles. The second-order valence-corrected chi connectivity index (χ2v) is 6.56. The van der Waals surface area contributed by atoms with Gasteiger partial charge in [-0.25, -0.2) is 12.8 Å². The van der Waals surface area contributed by atoms with Crippen molar-refractivity contribution in [3.05, 3.63) is 53.3 Å². The average Bonchev–Trinajstić information content (AvgIpc) is 2.28. The van der Waals surface area contributed by atoms with Crippen LogP contribution in [0.2, 0.25) is 5.02 Å². The standard InChI is InChI=1S/C12H7Cl2FO2S/c13-12-5-4-10(18(14,16)17)7-11(12)8-2-1-3-9(15)6-8/h1-7H. The van der Waals surface area contributed by atoms with Gasteiger partial charge in [0.05, 0.1) is 4.90 Å². The molecule has 0 saturated carbocycles. The molecule has 0 radical (unpaired) electrons. The lowest BCUT2D eigenvalue weighted by Crippen LogP contribution is -1.92. The van der Waals surface area contributed by atoms with Crippen LogP contribution in [-0.2, 0) is 9.05 Å². The van der Waals surface area contributed by atoms with E-state index in [0.29, 0.717) is 16.1 Å². The lowest BCUT2D eigenvalue weighted by Gasteiger charge is -2.06. The van der Waals surface area contributed by atoms with Crippen molar-refractivity contribution in [1.29, 1.82) is 0 Å². The zero-order valence-electron chi connectivity index (χ0n) is 8.90. The fourth-order valence-corrected chi connectivity index (χ4v) is 2.54. The quantitative estimate of drug-likeness (QED) is 0.784. The molecule has 0 unspecified atom stereocenters. The second-order valence-electron chi connectivity index (χ2n) is 3.59. The summed E-state index contributed by atoms with van der Waals surface area (Å²) in [6.07, 6.45) is 0. The highest BCUT2D eigenvalue weighted by Crippen LogP contribution is 2.31. The van der Waals surface area contributed by atoms with E-state index >= 15 is 0 Å². The van der Waals surface area contributed by atoms with Crippen LogP contribution in [0.3, 0.4) is 0 Å². The van der Waals surface area contributed by atoms with Crippen molar-refractivity contribution < 1.29 is 12.8 Å². The summed E-state index contributed by atoms with van der Waals surface area (Å²) >= 11 is 5.97. The van der Waals surface area contributed by atoms with E-state index in [-0.39, 0.29) is 4.90 Å². The average molecular weight is 305 g/mol. The summed E-state index contributed by atoms with van der Waals surface area (Å²) in [6.45, 7) is 0. The molecule has 0 spiro atoms. The van der Waals surface area contributed by atoms with Gasteiger partial charge in [0.2, 0.25) is 0 Å². The molecule has 0 saturated heterocycles. The molecule has 0 aromatic heterocycles. The first kappa shape index (κ1) is 13.3. The van der Waals surface area contributed by atoms with Gasteiger partial charge in [0.15, 0.2) is 0 Å². The molecule has 0 aliphatic rings. The maximum atomic E-state index is 13.1. The van der Waals surface area contributed by atoms with Crippen molar-refractivity contribution in [3.63, 3.8) is 0 Å². The van der Waals surface area contributed by atoms with Gasteiger partial charge in [0, 0.05) is 21.3 Å². The molecule has 94 valence electrons. The summed E-state index contributed by atoms with van der Waals surface area (Å²) in [5, 5.41) is 0.324. The van der Waals surface area contributed by atoms with E-state index in [1.54, 1.807) is 6.07 Å². The van der Waals surface area contributed by atoms with Gasteiger partial charge in [0.1, 0.15) is 5.82 Å². The molecule has 0 aliphatic heterocycles. The number of halogens is 3. The Bertz CT molecular complexity index is 699. The van der Waals surface area contributed by atoms with Crippen molar-refractivity contribution in [1.82, 2.24) is 0 Å². The molecule has 0 amide bonds. The minimum Gasteiger partial charge on any atom is -0.207 e. The molecule has 0 fully saturated rings. The van der Waals surface area contributed by atoms with Crippen LogP contribution in [0.4, 0.5) is 4.39 Å². The van der Waals surface area contributed by atoms with Crippen LogP contribution >= 0.6 is 22.3 Å². The maximum absolute atomic E-state index is 13.1. The highest BCUT2D eigenvalue weighted by molar-refractivity contribution is 8.13. The Morgan fingerprint density at radius 2 is 1.78 bits per heavy atom. The number of hydrogen-bond donors (Lipinski definition) is 0. The molecule has 2 aromatic rings. The third kappa shape index (κ3) is 2.83. The Morgan fingerprint density at radius 1 is 1.06 bits per heavy atom. The normalized spacial score (nSPS) is 11.5. The van der Waals surface area contributed by atoms with Crippen molar-refractivity contribution in [2.24, 2.45) is 0 Å². The van der Waals surface area contributed by atoms with Crippen molar-refractivity contribution in [3.8, 4) is 11.1 Å². The second kappa shape index (κ2) is 4.88. The molecule has 0 heterocycles. The Balaban J connectivity index is 2.64. The van der Waals surface area contributed by atoms with Crippen LogP contribution in [-0.4, -0.2) is 8.42 Å². The van der Waals surface area contributed by atoms with Gasteiger partial charge in [-0.3, -0.25) is 0 Å². The van der Waals surface area contributed by atoms with Gasteiger partial charge >= 0.3 is 0 Å². The largest absolute Gasteiger partial charge is 0.261 e. The lowest BCUT2D eigenvalue weighted by molar-refractivity contribution is 0.609. The minimum atomic E-state index is -3.84. The first-order chi connectivity index (χ1) is 8.38. The Kier molecular flexibility index (Phi) is 3.61. The van der Waals surface area contributed by atoms with Gasteiger partial charge in [-0.2, -0.15) is 0 Å². The Labute approximate surface area is 113 Å². The van der Waals surface area contributed by atoms with Crippen molar-refractivity contribution in [2.45, 2.75) is 4.90 Å². The van der Waals surface area contributed by atoms with Gasteiger partial charge < -0.3 is 0 Å². The predicted octanol–water partition coefficient (Wildman–Crippen LogP) is 4.07. The van der Waals surface area contributed by atoms with Crippen molar-refractivity contribution in [2.75, 3.05) is 0 Å². The van der Waals surface area contributed by atoms with Crippen LogP contribution in [0.25, 0.3) is 11.1 Å². The molecule has 6 heteroatoms. The zero-order chi connectivity index (χ0) is 13.3. The molecule has 0 N–H and O–H groups in total. The van der Waals surface area contributed by atoms with E-state index in [4.69, 9.17) is 22.3 Å². The molecule has 18 heavy (non-hydrogen) atoms. The highest BCUT2D eigenvalue weighted by Gasteiger charge is 2.13. The van der Waals surface area contributed by atoms with Crippen molar-refractivity contribution >= 4 is 31.3 Å². The number of hydrogen-bond acceptors (Lipinski definition) is 2. The maximum Gasteiger partial charge on any atom is 0.261 e. The lowest BCUT2D eigenvalue weighted by atomic mass is 10.1. The summed E-state index contributed by atoms with van der Waals surface area (Å²) in [5.41, 5.74) is 0.903. The van der Waals surface area contributed by atoms with Crippen LogP contribution < -0.4 is 0 Å². The smallest absolute Gasteiger partial charge is 0.207 e. The van der Waals surface area contributed by atoms with Crippen LogP contribution in [0.1, 0.15) is 0 Å². The van der Waals surface area contributed by atoms with Crippen LogP contribution in [0.15, 0.2) is 47.4 Å². The van der Waals surface area contributed by atoms with Gasteiger partial charge in [-0.15, -0.1) is 0 Å². The van der Waals surface area contributed by atoms with Gasteiger partial charge in [-0.1, -0.05) is 23.7 Å². The number of benzene rings is 2. The van der Waals surface area contributed by atoms with Crippen LogP contribution in [0, 0.1) is 5.82 Å². The Hall–Kier alpha value is -1.10. The first-order valence-corrected chi connectivity index (χ1v) is 7.57. The highest BCUT2D eigenvalue weighted by atomic mass is 35.7. The van der Waals surface area contributed by atoms with E-state index in [0.717, 1.165) is 0 Å². The monoisotopic (exact) mass is 304 g/mol. The summed E-state index contributed by atoms with van der Waals surface area (Å²) in [4.78, 5) is -0.0761. The molecular formula is C12H7Cl2FO2S. The fourth-order valence-electron chi connectivity index (χ4n) is 1.53. The topological polar surface area (TPSA) is 34.1 Å². The molecule has 0 aliphatic carbocycles. The number of rotatable bonds is 2. The minimum absolute atomic E-state index is 0.0761. The summed E-state index contributed by atoms with van der Waals surface area (Å²) < 4.78 is 35.6. The summed E-state index contributed by atoms with van der Waals surface area (Å²) in [5.74, 6) is -0.428. The van der Waals surface area contributed by atoms with Gasteiger partial charge in [0.25, 0.3) is 9.05 Å². The molecule has 2 nitrogen and oxygen atoms in total. The summed E-state index contributed by atoms with van der Waals surface area (Å²) in [6, 6.07) is 9.74.